The number of hydrogen-bond acceptors (Lipinski definition) is 3. The van der Waals surface area contributed by atoms with E-state index in [1.54, 1.807) is 0 Å². The highest BCUT2D eigenvalue weighted by Gasteiger charge is 2.01. The van der Waals surface area contributed by atoms with Crippen LogP contribution in [-0.4, -0.2) is 19.1 Å². The van der Waals surface area contributed by atoms with Crippen LogP contribution in [0.25, 0.3) is 11.3 Å². The Hall–Kier alpha value is -1.35. The van der Waals surface area contributed by atoms with E-state index in [9.17, 15) is 0 Å². The summed E-state index contributed by atoms with van der Waals surface area (Å²) >= 11 is 1.50. The second-order valence-electron chi connectivity index (χ2n) is 3.27. The maximum absolute atomic E-state index is 4.16. The van der Waals surface area contributed by atoms with Crippen LogP contribution in [0.2, 0.25) is 0 Å². The highest BCUT2D eigenvalue weighted by molar-refractivity contribution is 7.07. The Balaban J connectivity index is 2.41. The van der Waals surface area contributed by atoms with Crippen molar-refractivity contribution in [2.45, 2.75) is 0 Å². The summed E-state index contributed by atoms with van der Waals surface area (Å²) in [5.41, 5.74) is 6.19. The summed E-state index contributed by atoms with van der Waals surface area (Å²) in [6.07, 6.45) is 0. The predicted molar refractivity (Wildman–Crippen MR) is 60.7 cm³/mol. The average Bonchev–Trinajstić information content (AvgIpc) is 2.71. The standard InChI is InChI=1S/C11H11N2S/c1-13(2)10-5-3-4-9(6-10)11-7-14-8-12-11/h3-7H,1-2H3. The van der Waals surface area contributed by atoms with Gasteiger partial charge >= 0.3 is 0 Å². The van der Waals surface area contributed by atoms with Gasteiger partial charge < -0.3 is 4.90 Å². The summed E-state index contributed by atoms with van der Waals surface area (Å²) < 4.78 is 0. The Kier molecular flexibility index (Phi) is 2.50. The van der Waals surface area contributed by atoms with Crippen LogP contribution in [0.3, 0.4) is 0 Å². The Morgan fingerprint density at radius 1 is 1.36 bits per heavy atom. The molecule has 0 aliphatic rings. The van der Waals surface area contributed by atoms with E-state index in [2.05, 4.69) is 33.6 Å². The van der Waals surface area contributed by atoms with Crippen molar-refractivity contribution in [2.75, 3.05) is 19.0 Å². The van der Waals surface area contributed by atoms with Crippen LogP contribution in [0.5, 0.6) is 0 Å². The number of hydrogen-bond donors (Lipinski definition) is 0. The number of thiazole rings is 1. The zero-order valence-corrected chi connectivity index (χ0v) is 9.01. The zero-order chi connectivity index (χ0) is 9.97. The van der Waals surface area contributed by atoms with Crippen LogP contribution in [0.4, 0.5) is 5.69 Å². The first-order valence-electron chi connectivity index (χ1n) is 4.37. The lowest BCUT2D eigenvalue weighted by atomic mass is 10.1. The van der Waals surface area contributed by atoms with Crippen molar-refractivity contribution >= 4 is 17.0 Å². The molecule has 0 saturated carbocycles. The lowest BCUT2D eigenvalue weighted by Gasteiger charge is -2.12. The molecule has 2 rings (SSSR count). The number of aromatic nitrogens is 1. The van der Waals surface area contributed by atoms with Crippen molar-refractivity contribution in [2.24, 2.45) is 0 Å². The van der Waals surface area contributed by atoms with Crippen LogP contribution in [0.15, 0.2) is 29.6 Å². The van der Waals surface area contributed by atoms with Gasteiger partial charge in [-0.2, -0.15) is 0 Å². The Bertz CT molecular complexity index is 407. The number of rotatable bonds is 2. The van der Waals surface area contributed by atoms with Crippen LogP contribution in [0, 0.1) is 5.51 Å². The molecule has 1 radical (unpaired) electrons. The van der Waals surface area contributed by atoms with Crippen molar-refractivity contribution in [3.8, 4) is 11.3 Å². The van der Waals surface area contributed by atoms with E-state index < -0.39 is 0 Å². The van der Waals surface area contributed by atoms with Gasteiger partial charge in [0.15, 0.2) is 5.51 Å². The molecule has 1 aromatic heterocycles. The lowest BCUT2D eigenvalue weighted by molar-refractivity contribution is 1.13. The molecule has 2 aromatic rings. The van der Waals surface area contributed by atoms with E-state index in [0.29, 0.717) is 0 Å². The second-order valence-corrected chi connectivity index (χ2v) is 3.92. The normalized spacial score (nSPS) is 10.1. The van der Waals surface area contributed by atoms with Gasteiger partial charge in [-0.3, -0.25) is 0 Å². The van der Waals surface area contributed by atoms with Crippen LogP contribution < -0.4 is 4.90 Å². The summed E-state index contributed by atoms with van der Waals surface area (Å²) in [5.74, 6) is 0. The minimum absolute atomic E-state index is 0.999. The molecule has 0 fully saturated rings. The minimum Gasteiger partial charge on any atom is -0.378 e. The Morgan fingerprint density at radius 2 is 2.21 bits per heavy atom. The third-order valence-electron chi connectivity index (χ3n) is 2.05. The molecule has 0 atom stereocenters. The fourth-order valence-corrected chi connectivity index (χ4v) is 1.76. The lowest BCUT2D eigenvalue weighted by Crippen LogP contribution is -2.08. The van der Waals surface area contributed by atoms with Crippen molar-refractivity contribution < 1.29 is 0 Å². The Morgan fingerprint density at radius 3 is 2.86 bits per heavy atom. The van der Waals surface area contributed by atoms with E-state index in [1.807, 2.05) is 25.5 Å². The average molecular weight is 203 g/mol. The van der Waals surface area contributed by atoms with Crippen LogP contribution >= 0.6 is 11.3 Å². The zero-order valence-electron chi connectivity index (χ0n) is 8.19. The molecule has 3 heteroatoms. The number of anilines is 1. The number of nitrogens with zero attached hydrogens (tertiary/aromatic N) is 2. The molecule has 2 nitrogen and oxygen atoms in total. The van der Waals surface area contributed by atoms with E-state index in [0.717, 1.165) is 11.3 Å². The molecule has 14 heavy (non-hydrogen) atoms. The largest absolute Gasteiger partial charge is 0.378 e. The minimum atomic E-state index is 0.999. The van der Waals surface area contributed by atoms with E-state index in [1.165, 1.54) is 17.0 Å². The van der Waals surface area contributed by atoms with Crippen molar-refractivity contribution in [3.05, 3.63) is 35.2 Å². The molecule has 0 spiro atoms. The molecule has 0 aliphatic heterocycles. The third-order valence-corrected chi connectivity index (χ3v) is 2.59. The smallest absolute Gasteiger partial charge is 0.152 e. The molecule has 0 N–H and O–H groups in total. The maximum Gasteiger partial charge on any atom is 0.152 e. The van der Waals surface area contributed by atoms with Gasteiger partial charge in [-0.05, 0) is 12.1 Å². The van der Waals surface area contributed by atoms with Gasteiger partial charge in [-0.1, -0.05) is 12.1 Å². The van der Waals surface area contributed by atoms with Gasteiger partial charge in [0.25, 0.3) is 0 Å². The molecular formula is C11H11N2S. The summed E-state index contributed by atoms with van der Waals surface area (Å²) in [7, 11) is 4.07. The molecule has 1 aromatic carbocycles. The quantitative estimate of drug-likeness (QED) is 0.746. The van der Waals surface area contributed by atoms with Crippen LogP contribution in [0.1, 0.15) is 0 Å². The van der Waals surface area contributed by atoms with Gasteiger partial charge in [-0.25, -0.2) is 4.98 Å². The highest BCUT2D eigenvalue weighted by atomic mass is 32.1. The van der Waals surface area contributed by atoms with Crippen LogP contribution in [-0.2, 0) is 0 Å². The maximum atomic E-state index is 4.16. The SMILES string of the molecule is CN(C)c1cccc(-c2cs[c]n2)c1. The fourth-order valence-electron chi connectivity index (χ4n) is 1.26. The molecule has 0 unspecified atom stereocenters. The fraction of sp³-hybridized carbons (Fsp3) is 0.182. The highest BCUT2D eigenvalue weighted by Crippen LogP contribution is 2.23. The van der Waals surface area contributed by atoms with Crippen molar-refractivity contribution in [1.29, 1.82) is 0 Å². The second kappa shape index (κ2) is 3.80. The molecule has 1 heterocycles. The molecule has 0 saturated heterocycles. The molecule has 71 valence electrons. The van der Waals surface area contributed by atoms with E-state index >= 15 is 0 Å². The van der Waals surface area contributed by atoms with Crippen molar-refractivity contribution in [1.82, 2.24) is 4.98 Å². The first kappa shape index (κ1) is 9.21. The molecule has 0 bridgehead atoms. The van der Waals surface area contributed by atoms with Gasteiger partial charge in [-0.15, -0.1) is 11.3 Å². The molecule has 0 amide bonds. The monoisotopic (exact) mass is 203 g/mol. The Labute approximate surface area is 87.8 Å². The van der Waals surface area contributed by atoms with Gasteiger partial charge in [0.1, 0.15) is 0 Å². The van der Waals surface area contributed by atoms with Gasteiger partial charge in [0.05, 0.1) is 5.69 Å². The summed E-state index contributed by atoms with van der Waals surface area (Å²) in [6, 6.07) is 8.32. The first-order chi connectivity index (χ1) is 6.77. The van der Waals surface area contributed by atoms with E-state index in [4.69, 9.17) is 0 Å². The van der Waals surface area contributed by atoms with Gasteiger partial charge in [0.2, 0.25) is 0 Å². The molecular weight excluding hydrogens is 192 g/mol. The third kappa shape index (κ3) is 1.77. The summed E-state index contributed by atoms with van der Waals surface area (Å²) in [5, 5.41) is 2.01. The summed E-state index contributed by atoms with van der Waals surface area (Å²) in [4.78, 5) is 6.24. The molecule has 0 aliphatic carbocycles. The van der Waals surface area contributed by atoms with Crippen molar-refractivity contribution in [3.63, 3.8) is 0 Å². The van der Waals surface area contributed by atoms with Gasteiger partial charge in [0, 0.05) is 30.7 Å². The topological polar surface area (TPSA) is 16.1 Å². The first-order valence-corrected chi connectivity index (χ1v) is 5.24. The number of benzene rings is 1. The van der Waals surface area contributed by atoms with E-state index in [-0.39, 0.29) is 0 Å². The summed E-state index contributed by atoms with van der Waals surface area (Å²) in [6.45, 7) is 0. The predicted octanol–water partition coefficient (Wildman–Crippen LogP) is 2.68.